The molecule has 0 aromatic carbocycles. The Morgan fingerprint density at radius 2 is 1.90 bits per heavy atom. The van der Waals surface area contributed by atoms with E-state index in [2.05, 4.69) is 25.7 Å². The molecule has 2 N–H and O–H groups in total. The first-order valence-corrected chi connectivity index (χ1v) is 9.10. The molecule has 2 aliphatic rings. The lowest BCUT2D eigenvalue weighted by Gasteiger charge is -2.49. The molecule has 2 heteroatoms. The number of nitrogens with two attached hydrogens (primary N) is 1. The summed E-state index contributed by atoms with van der Waals surface area (Å²) in [6, 6.07) is 0.794. The van der Waals surface area contributed by atoms with Crippen LogP contribution >= 0.6 is 0 Å². The van der Waals surface area contributed by atoms with Gasteiger partial charge in [-0.25, -0.2) is 0 Å². The van der Waals surface area contributed by atoms with E-state index in [1.165, 1.54) is 64.3 Å². The summed E-state index contributed by atoms with van der Waals surface area (Å²) < 4.78 is 0. The third-order valence-corrected chi connectivity index (χ3v) is 6.23. The molecule has 3 atom stereocenters. The van der Waals surface area contributed by atoms with Crippen LogP contribution < -0.4 is 5.73 Å². The van der Waals surface area contributed by atoms with Gasteiger partial charge in [0.15, 0.2) is 0 Å². The minimum absolute atomic E-state index is 0.324. The van der Waals surface area contributed by atoms with E-state index < -0.39 is 0 Å². The summed E-state index contributed by atoms with van der Waals surface area (Å²) in [5.41, 5.74) is 6.66. The summed E-state index contributed by atoms with van der Waals surface area (Å²) in [5.74, 6) is 1.76. The Bertz CT molecular complexity index is 289. The Labute approximate surface area is 126 Å². The van der Waals surface area contributed by atoms with E-state index in [-0.39, 0.29) is 0 Å². The molecule has 2 nitrogen and oxygen atoms in total. The largest absolute Gasteiger partial charge is 0.329 e. The van der Waals surface area contributed by atoms with E-state index in [1.54, 1.807) is 0 Å². The SMILES string of the molecule is CCC1CCCCN1C1(CN)CCCC(C(C)C)CC1. The first-order chi connectivity index (χ1) is 9.63. The fraction of sp³-hybridized carbons (Fsp3) is 1.00. The highest BCUT2D eigenvalue weighted by atomic mass is 15.2. The molecule has 0 aromatic heterocycles. The molecule has 3 unspecified atom stereocenters. The third-order valence-electron chi connectivity index (χ3n) is 6.23. The van der Waals surface area contributed by atoms with Gasteiger partial charge in [0.2, 0.25) is 0 Å². The smallest absolute Gasteiger partial charge is 0.0334 e. The summed E-state index contributed by atoms with van der Waals surface area (Å²) in [6.07, 6.45) is 12.4. The number of hydrogen-bond donors (Lipinski definition) is 1. The van der Waals surface area contributed by atoms with Crippen molar-refractivity contribution in [2.24, 2.45) is 17.6 Å². The molecule has 20 heavy (non-hydrogen) atoms. The van der Waals surface area contributed by atoms with Crippen molar-refractivity contribution in [3.05, 3.63) is 0 Å². The van der Waals surface area contributed by atoms with E-state index >= 15 is 0 Å². The van der Waals surface area contributed by atoms with Crippen molar-refractivity contribution in [2.45, 2.75) is 90.1 Å². The van der Waals surface area contributed by atoms with Gasteiger partial charge in [-0.05, 0) is 56.9 Å². The average molecular weight is 281 g/mol. The number of rotatable bonds is 4. The molecule has 0 radical (unpaired) electrons. The first kappa shape index (κ1) is 16.3. The van der Waals surface area contributed by atoms with Crippen molar-refractivity contribution in [3.63, 3.8) is 0 Å². The second-order valence-electron chi connectivity index (χ2n) is 7.61. The summed E-state index contributed by atoms with van der Waals surface area (Å²) in [7, 11) is 0. The lowest BCUT2D eigenvalue weighted by molar-refractivity contribution is 0.00860. The fourth-order valence-electron chi connectivity index (χ4n) is 4.74. The van der Waals surface area contributed by atoms with Gasteiger partial charge in [0.25, 0.3) is 0 Å². The molecule has 1 heterocycles. The van der Waals surface area contributed by atoms with Crippen LogP contribution in [-0.4, -0.2) is 29.6 Å². The Kier molecular flexibility index (Phi) is 5.92. The standard InChI is InChI=1S/C18H36N2/c1-4-17-9-5-6-13-20(17)18(14-19)11-7-8-16(10-12-18)15(2)3/h15-17H,4-14,19H2,1-3H3. The van der Waals surface area contributed by atoms with Crippen LogP contribution in [0.15, 0.2) is 0 Å². The molecule has 0 spiro atoms. The van der Waals surface area contributed by atoms with Gasteiger partial charge in [-0.3, -0.25) is 4.90 Å². The highest BCUT2D eigenvalue weighted by Gasteiger charge is 2.41. The zero-order valence-corrected chi connectivity index (χ0v) is 14.0. The first-order valence-electron chi connectivity index (χ1n) is 9.10. The van der Waals surface area contributed by atoms with Gasteiger partial charge in [-0.1, -0.05) is 40.0 Å². The second-order valence-corrected chi connectivity index (χ2v) is 7.61. The zero-order chi connectivity index (χ0) is 14.6. The van der Waals surface area contributed by atoms with Crippen molar-refractivity contribution in [3.8, 4) is 0 Å². The van der Waals surface area contributed by atoms with Crippen LogP contribution in [0.3, 0.4) is 0 Å². The lowest BCUT2D eigenvalue weighted by atomic mass is 9.82. The molecule has 0 aromatic rings. The molecule has 1 aliphatic heterocycles. The molecule has 0 bridgehead atoms. The predicted octanol–water partition coefficient (Wildman–Crippen LogP) is 4.18. The molecule has 1 saturated carbocycles. The number of likely N-dealkylation sites (tertiary alicyclic amines) is 1. The molecule has 118 valence electrons. The van der Waals surface area contributed by atoms with Gasteiger partial charge in [0.1, 0.15) is 0 Å². The van der Waals surface area contributed by atoms with Crippen LogP contribution in [0.4, 0.5) is 0 Å². The summed E-state index contributed by atoms with van der Waals surface area (Å²) in [6.45, 7) is 9.32. The summed E-state index contributed by atoms with van der Waals surface area (Å²) in [4.78, 5) is 2.85. The molecular formula is C18H36N2. The molecular weight excluding hydrogens is 244 g/mol. The molecule has 1 saturated heterocycles. The lowest BCUT2D eigenvalue weighted by Crippen LogP contribution is -2.59. The van der Waals surface area contributed by atoms with Crippen molar-refractivity contribution in [1.29, 1.82) is 0 Å². The van der Waals surface area contributed by atoms with Crippen LogP contribution in [0.25, 0.3) is 0 Å². The molecule has 0 amide bonds. The summed E-state index contributed by atoms with van der Waals surface area (Å²) in [5, 5.41) is 0. The van der Waals surface area contributed by atoms with Crippen molar-refractivity contribution in [2.75, 3.05) is 13.1 Å². The maximum absolute atomic E-state index is 6.34. The quantitative estimate of drug-likeness (QED) is 0.783. The van der Waals surface area contributed by atoms with Gasteiger partial charge in [-0.2, -0.15) is 0 Å². The predicted molar refractivity (Wildman–Crippen MR) is 87.8 cm³/mol. The normalized spacial score (nSPS) is 37.0. The highest BCUT2D eigenvalue weighted by molar-refractivity contribution is 4.98. The number of hydrogen-bond acceptors (Lipinski definition) is 2. The van der Waals surface area contributed by atoms with E-state index in [0.29, 0.717) is 5.54 Å². The van der Waals surface area contributed by atoms with Crippen LogP contribution in [-0.2, 0) is 0 Å². The van der Waals surface area contributed by atoms with Crippen LogP contribution in [0.2, 0.25) is 0 Å². The minimum Gasteiger partial charge on any atom is -0.329 e. The summed E-state index contributed by atoms with van der Waals surface area (Å²) >= 11 is 0. The zero-order valence-electron chi connectivity index (χ0n) is 14.0. The van der Waals surface area contributed by atoms with Gasteiger partial charge in [-0.15, -0.1) is 0 Å². The molecule has 1 aliphatic carbocycles. The maximum Gasteiger partial charge on any atom is 0.0334 e. The van der Waals surface area contributed by atoms with Gasteiger partial charge >= 0.3 is 0 Å². The molecule has 2 rings (SSSR count). The highest BCUT2D eigenvalue weighted by Crippen LogP contribution is 2.40. The Morgan fingerprint density at radius 1 is 1.10 bits per heavy atom. The Morgan fingerprint density at radius 3 is 2.55 bits per heavy atom. The van der Waals surface area contributed by atoms with Crippen molar-refractivity contribution in [1.82, 2.24) is 4.90 Å². The fourth-order valence-corrected chi connectivity index (χ4v) is 4.74. The van der Waals surface area contributed by atoms with Crippen molar-refractivity contribution >= 4 is 0 Å². The van der Waals surface area contributed by atoms with Crippen molar-refractivity contribution < 1.29 is 0 Å². The van der Waals surface area contributed by atoms with Crippen LogP contribution in [0, 0.1) is 11.8 Å². The van der Waals surface area contributed by atoms with Gasteiger partial charge in [0, 0.05) is 18.1 Å². The second kappa shape index (κ2) is 7.26. The van der Waals surface area contributed by atoms with E-state index in [9.17, 15) is 0 Å². The number of piperidine rings is 1. The van der Waals surface area contributed by atoms with E-state index in [0.717, 1.165) is 24.4 Å². The minimum atomic E-state index is 0.324. The monoisotopic (exact) mass is 280 g/mol. The van der Waals surface area contributed by atoms with Gasteiger partial charge in [0.05, 0.1) is 0 Å². The van der Waals surface area contributed by atoms with Gasteiger partial charge < -0.3 is 5.73 Å². The van der Waals surface area contributed by atoms with E-state index in [4.69, 9.17) is 5.73 Å². The molecule has 2 fully saturated rings. The van der Waals surface area contributed by atoms with Crippen LogP contribution in [0.5, 0.6) is 0 Å². The average Bonchev–Trinajstić information content (AvgIpc) is 2.70. The topological polar surface area (TPSA) is 29.3 Å². The Hall–Kier alpha value is -0.0800. The number of nitrogens with zero attached hydrogens (tertiary/aromatic N) is 1. The maximum atomic E-state index is 6.34. The Balaban J connectivity index is 2.11. The van der Waals surface area contributed by atoms with E-state index in [1.807, 2.05) is 0 Å². The third kappa shape index (κ3) is 3.39. The van der Waals surface area contributed by atoms with Crippen LogP contribution in [0.1, 0.15) is 78.6 Å².